The second kappa shape index (κ2) is 18.3. The zero-order valence-electron chi connectivity index (χ0n) is 25.8. The lowest BCUT2D eigenvalue weighted by atomic mass is 9.99. The molecule has 0 heterocycles. The lowest BCUT2D eigenvalue weighted by molar-refractivity contribution is -0.161. The van der Waals surface area contributed by atoms with Crippen molar-refractivity contribution < 1.29 is 37.0 Å². The molecule has 1 amide bonds. The molecular weight excluding hydrogens is 563 g/mol. The number of esters is 1. The molecular formula is C32H46F3N3O5. The summed E-state index contributed by atoms with van der Waals surface area (Å²) in [4.78, 5) is 24.7. The Hall–Kier alpha value is -3.47. The number of alkyl halides is 3. The average molecular weight is 610 g/mol. The van der Waals surface area contributed by atoms with Crippen molar-refractivity contribution in [3.8, 4) is 11.5 Å². The number of hydrogen-bond donors (Lipinski definition) is 3. The minimum Gasteiger partial charge on any atom is -0.494 e. The molecule has 3 N–H and O–H groups in total. The van der Waals surface area contributed by atoms with Crippen LogP contribution in [0.2, 0.25) is 0 Å². The molecule has 240 valence electrons. The summed E-state index contributed by atoms with van der Waals surface area (Å²) in [7, 11) is 1.54. The first-order chi connectivity index (χ1) is 20.5. The summed E-state index contributed by atoms with van der Waals surface area (Å²) in [6, 6.07) is 9.56. The van der Waals surface area contributed by atoms with Gasteiger partial charge in [0.2, 0.25) is 5.91 Å². The molecule has 0 aliphatic rings. The number of carbonyl (C=O) groups excluding carboxylic acids is 2. The quantitative estimate of drug-likeness (QED) is 0.125. The van der Waals surface area contributed by atoms with Gasteiger partial charge in [0.25, 0.3) is 0 Å². The van der Waals surface area contributed by atoms with Crippen molar-refractivity contribution >= 4 is 17.6 Å². The molecule has 3 atom stereocenters. The minimum atomic E-state index is -4.57. The molecule has 0 aromatic heterocycles. The molecule has 0 saturated carbocycles. The second-order valence-electron chi connectivity index (χ2n) is 10.7. The zero-order valence-corrected chi connectivity index (χ0v) is 25.8. The molecule has 11 heteroatoms. The highest BCUT2D eigenvalue weighted by Gasteiger charge is 2.43. The molecule has 2 rings (SSSR count). The fourth-order valence-electron chi connectivity index (χ4n) is 4.48. The number of carbonyl (C=O) groups is 2. The fourth-order valence-corrected chi connectivity index (χ4v) is 4.48. The van der Waals surface area contributed by atoms with Gasteiger partial charge in [-0.3, -0.25) is 14.9 Å². The summed E-state index contributed by atoms with van der Waals surface area (Å²) in [6.07, 6.45) is -2.06. The van der Waals surface area contributed by atoms with E-state index >= 15 is 0 Å². The first-order valence-corrected chi connectivity index (χ1v) is 14.9. The Morgan fingerprint density at radius 2 is 1.72 bits per heavy atom. The average Bonchev–Trinajstić information content (AvgIpc) is 2.97. The second-order valence-corrected chi connectivity index (χ2v) is 10.7. The predicted molar refractivity (Wildman–Crippen MR) is 161 cm³/mol. The number of anilines is 1. The summed E-state index contributed by atoms with van der Waals surface area (Å²) < 4.78 is 58.3. The Morgan fingerprint density at radius 1 is 1.00 bits per heavy atom. The number of hydrogen-bond acceptors (Lipinski definition) is 7. The highest BCUT2D eigenvalue weighted by atomic mass is 19.4. The van der Waals surface area contributed by atoms with Gasteiger partial charge in [-0.1, -0.05) is 51.1 Å². The number of ether oxygens (including phenoxy) is 3. The number of nitrogens with one attached hydrogen (secondary N) is 3. The minimum absolute atomic E-state index is 0.00586. The number of amides is 1. The van der Waals surface area contributed by atoms with E-state index in [0.717, 1.165) is 0 Å². The Balaban J connectivity index is 2.00. The molecule has 2 aromatic carbocycles. The first-order valence-electron chi connectivity index (χ1n) is 14.9. The Bertz CT molecular complexity index is 1120. The first kappa shape index (κ1) is 35.7. The normalized spacial score (nSPS) is 13.6. The van der Waals surface area contributed by atoms with Crippen molar-refractivity contribution in [2.45, 2.75) is 84.1 Å². The van der Waals surface area contributed by atoms with Crippen LogP contribution in [0.5, 0.6) is 11.5 Å². The standard InChI is InChI=1S/C32H46F3N3O5/c1-6-24(21-36-26-17-16-25(20-28(26)41-5)43-18-12-11-15-29(39)42-7-2)37-31(40)27(19-22(3)4)38-30(32(33,34)35)23-13-9-8-10-14-23/h8-10,13-14,16-17,20,22,24,27,30,36,38H,6-7,11-12,15,18-19,21H2,1-5H3,(H,37,40)/t24-,27-,30-/m0/s1. The van der Waals surface area contributed by atoms with E-state index in [2.05, 4.69) is 16.0 Å². The van der Waals surface area contributed by atoms with Gasteiger partial charge in [-0.15, -0.1) is 0 Å². The van der Waals surface area contributed by atoms with Crippen LogP contribution in [-0.2, 0) is 14.3 Å². The van der Waals surface area contributed by atoms with Crippen LogP contribution in [0, 0.1) is 5.92 Å². The van der Waals surface area contributed by atoms with Crippen LogP contribution in [0.3, 0.4) is 0 Å². The molecule has 2 aromatic rings. The summed E-state index contributed by atoms with van der Waals surface area (Å²) in [6.45, 7) is 8.55. The summed E-state index contributed by atoms with van der Waals surface area (Å²) in [5.74, 6) is 0.449. The maximum absolute atomic E-state index is 14.0. The number of unbranched alkanes of at least 4 members (excludes halogenated alkanes) is 1. The van der Waals surface area contributed by atoms with Crippen LogP contribution in [0.4, 0.5) is 18.9 Å². The van der Waals surface area contributed by atoms with Crippen LogP contribution in [0.25, 0.3) is 0 Å². The highest BCUT2D eigenvalue weighted by molar-refractivity contribution is 5.82. The van der Waals surface area contributed by atoms with Crippen LogP contribution in [0.15, 0.2) is 48.5 Å². The third-order valence-corrected chi connectivity index (χ3v) is 6.75. The van der Waals surface area contributed by atoms with Gasteiger partial charge in [-0.2, -0.15) is 13.2 Å². The zero-order chi connectivity index (χ0) is 31.8. The van der Waals surface area contributed by atoms with Gasteiger partial charge in [0.15, 0.2) is 0 Å². The van der Waals surface area contributed by atoms with Gasteiger partial charge in [-0.25, -0.2) is 0 Å². The van der Waals surface area contributed by atoms with Crippen molar-refractivity contribution in [2.24, 2.45) is 5.92 Å². The third kappa shape index (κ3) is 12.7. The van der Waals surface area contributed by atoms with Crippen molar-refractivity contribution in [1.29, 1.82) is 0 Å². The van der Waals surface area contributed by atoms with E-state index in [-0.39, 0.29) is 29.9 Å². The highest BCUT2D eigenvalue weighted by Crippen LogP contribution is 2.33. The van der Waals surface area contributed by atoms with Crippen LogP contribution < -0.4 is 25.4 Å². The molecule has 0 bridgehead atoms. The fraction of sp³-hybridized carbons (Fsp3) is 0.562. The van der Waals surface area contributed by atoms with E-state index in [9.17, 15) is 22.8 Å². The molecule has 43 heavy (non-hydrogen) atoms. The van der Waals surface area contributed by atoms with Gasteiger partial charge < -0.3 is 24.8 Å². The Labute approximate surface area is 253 Å². The van der Waals surface area contributed by atoms with Crippen molar-refractivity contribution in [3.05, 3.63) is 54.1 Å². The van der Waals surface area contributed by atoms with E-state index in [0.29, 0.717) is 62.6 Å². The van der Waals surface area contributed by atoms with Crippen molar-refractivity contribution in [2.75, 3.05) is 32.2 Å². The van der Waals surface area contributed by atoms with Crippen LogP contribution in [-0.4, -0.2) is 57.0 Å². The van der Waals surface area contributed by atoms with Crippen molar-refractivity contribution in [1.82, 2.24) is 10.6 Å². The van der Waals surface area contributed by atoms with Gasteiger partial charge in [0, 0.05) is 25.1 Å². The number of methoxy groups -OCH3 is 1. The van der Waals surface area contributed by atoms with Gasteiger partial charge in [0.1, 0.15) is 17.5 Å². The molecule has 0 radical (unpaired) electrons. The number of halogens is 3. The number of rotatable bonds is 19. The van der Waals surface area contributed by atoms with E-state index in [4.69, 9.17) is 14.2 Å². The predicted octanol–water partition coefficient (Wildman–Crippen LogP) is 6.42. The van der Waals surface area contributed by atoms with E-state index in [1.54, 1.807) is 43.3 Å². The third-order valence-electron chi connectivity index (χ3n) is 6.75. The van der Waals surface area contributed by atoms with Crippen LogP contribution >= 0.6 is 0 Å². The SMILES string of the molecule is CCOC(=O)CCCCOc1ccc(NC[C@H](CC)NC(=O)[C@H](CC(C)C)N[C@@H](c2ccccc2)C(F)(F)F)c(OC)c1. The largest absolute Gasteiger partial charge is 0.494 e. The maximum atomic E-state index is 14.0. The van der Waals surface area contributed by atoms with E-state index in [1.165, 1.54) is 19.2 Å². The summed E-state index contributed by atoms with van der Waals surface area (Å²) >= 11 is 0. The molecule has 0 aliphatic heterocycles. The van der Waals surface area contributed by atoms with Gasteiger partial charge in [0.05, 0.1) is 32.1 Å². The molecule has 0 spiro atoms. The lowest BCUT2D eigenvalue weighted by Crippen LogP contribution is -2.52. The molecule has 0 aliphatic carbocycles. The van der Waals surface area contributed by atoms with Crippen LogP contribution in [0.1, 0.15) is 71.4 Å². The van der Waals surface area contributed by atoms with Gasteiger partial charge >= 0.3 is 12.1 Å². The molecule has 8 nitrogen and oxygen atoms in total. The molecule has 0 unspecified atom stereocenters. The molecule has 0 saturated heterocycles. The summed E-state index contributed by atoms with van der Waals surface area (Å²) in [5, 5.41) is 8.79. The van der Waals surface area contributed by atoms with E-state index < -0.39 is 24.2 Å². The topological polar surface area (TPSA) is 97.9 Å². The Morgan fingerprint density at radius 3 is 2.33 bits per heavy atom. The Kier molecular flexibility index (Phi) is 15.2. The molecule has 0 fully saturated rings. The summed E-state index contributed by atoms with van der Waals surface area (Å²) in [5.41, 5.74) is 0.740. The maximum Gasteiger partial charge on any atom is 0.407 e. The van der Waals surface area contributed by atoms with Gasteiger partial charge in [-0.05, 0) is 56.2 Å². The monoisotopic (exact) mass is 609 g/mol. The smallest absolute Gasteiger partial charge is 0.407 e. The lowest BCUT2D eigenvalue weighted by Gasteiger charge is -2.29. The van der Waals surface area contributed by atoms with Crippen molar-refractivity contribution in [3.63, 3.8) is 0 Å². The van der Waals surface area contributed by atoms with E-state index in [1.807, 2.05) is 20.8 Å². The number of benzene rings is 2.